The van der Waals surface area contributed by atoms with Crippen molar-refractivity contribution in [2.24, 2.45) is 13.0 Å². The van der Waals surface area contributed by atoms with E-state index in [2.05, 4.69) is 15.4 Å². The Bertz CT molecular complexity index is 1370. The Kier molecular flexibility index (Phi) is 4.25. The third-order valence-electron chi connectivity index (χ3n) is 7.28. The van der Waals surface area contributed by atoms with Crippen LogP contribution in [0, 0.1) is 5.92 Å². The molecule has 2 aliphatic carbocycles. The average Bonchev–Trinajstić information content (AvgIpc) is 3.09. The molecule has 6 rings (SSSR count). The van der Waals surface area contributed by atoms with Crippen LogP contribution in [0.3, 0.4) is 0 Å². The molecule has 10 nitrogen and oxygen atoms in total. The van der Waals surface area contributed by atoms with Gasteiger partial charge in [-0.1, -0.05) is 0 Å². The number of anilines is 1. The highest BCUT2D eigenvalue weighted by Gasteiger charge is 2.63. The topological polar surface area (TPSA) is 115 Å². The molecule has 2 atom stereocenters. The molecule has 32 heavy (non-hydrogen) atoms. The summed E-state index contributed by atoms with van der Waals surface area (Å²) in [6.45, 7) is 0.805. The van der Waals surface area contributed by atoms with E-state index in [-0.39, 0.29) is 22.2 Å². The van der Waals surface area contributed by atoms with Gasteiger partial charge in [-0.2, -0.15) is 14.4 Å². The number of hydrogen-bond donors (Lipinski definition) is 1. The molecule has 1 N–H and O–H groups in total. The summed E-state index contributed by atoms with van der Waals surface area (Å²) in [6, 6.07) is 4.97. The molecule has 0 bridgehead atoms. The Morgan fingerprint density at radius 1 is 1.16 bits per heavy atom. The fourth-order valence-electron chi connectivity index (χ4n) is 5.24. The van der Waals surface area contributed by atoms with E-state index in [4.69, 9.17) is 4.98 Å². The molecule has 2 saturated carbocycles. The van der Waals surface area contributed by atoms with E-state index in [1.165, 1.54) is 21.5 Å². The maximum absolute atomic E-state index is 12.8. The Hall–Kier alpha value is -2.79. The van der Waals surface area contributed by atoms with Crippen molar-refractivity contribution < 1.29 is 8.42 Å². The molecule has 11 heteroatoms. The Morgan fingerprint density at radius 2 is 1.97 bits per heavy atom. The highest BCUT2D eigenvalue weighted by molar-refractivity contribution is 7.89. The second kappa shape index (κ2) is 6.85. The van der Waals surface area contributed by atoms with Crippen LogP contribution in [-0.2, 0) is 22.6 Å². The first-order valence-electron chi connectivity index (χ1n) is 11.0. The van der Waals surface area contributed by atoms with Crippen LogP contribution in [0.15, 0.2) is 40.4 Å². The molecule has 0 amide bonds. The molecular weight excluding hydrogens is 430 g/mol. The summed E-state index contributed by atoms with van der Waals surface area (Å²) in [4.78, 5) is 21.8. The Balaban J connectivity index is 1.20. The number of rotatable bonds is 5. The van der Waals surface area contributed by atoms with Crippen molar-refractivity contribution in [3.63, 3.8) is 0 Å². The second-order valence-electron chi connectivity index (χ2n) is 9.17. The van der Waals surface area contributed by atoms with Crippen molar-refractivity contribution in [2.75, 3.05) is 18.4 Å². The van der Waals surface area contributed by atoms with E-state index in [0.717, 1.165) is 18.2 Å². The van der Waals surface area contributed by atoms with Crippen molar-refractivity contribution in [1.82, 2.24) is 28.6 Å². The predicted molar refractivity (Wildman–Crippen MR) is 118 cm³/mol. The minimum Gasteiger partial charge on any atom is -0.351 e. The van der Waals surface area contributed by atoms with Crippen molar-refractivity contribution in [1.29, 1.82) is 0 Å². The summed E-state index contributed by atoms with van der Waals surface area (Å²) in [7, 11) is -1.88. The van der Waals surface area contributed by atoms with Gasteiger partial charge in [0.1, 0.15) is 5.65 Å². The fraction of sp³-hybridized carbons (Fsp3) is 0.524. The monoisotopic (exact) mass is 455 g/mol. The van der Waals surface area contributed by atoms with E-state index in [0.29, 0.717) is 43.4 Å². The largest absolute Gasteiger partial charge is 0.351 e. The highest BCUT2D eigenvalue weighted by atomic mass is 32.2. The molecule has 1 saturated heterocycles. The second-order valence-corrected chi connectivity index (χ2v) is 11.1. The molecule has 0 spiro atoms. The van der Waals surface area contributed by atoms with E-state index in [1.54, 1.807) is 31.6 Å². The first-order valence-corrected chi connectivity index (χ1v) is 12.5. The SMILES string of the molecule is Cn1ccc(S(=O)(=O)N2CCC(Nc3ncc4ccc(=O)n(C56CCC5C6)c4n3)CC2)n1. The number of aromatic nitrogens is 5. The van der Waals surface area contributed by atoms with E-state index in [9.17, 15) is 13.2 Å². The molecule has 0 aromatic carbocycles. The summed E-state index contributed by atoms with van der Waals surface area (Å²) < 4.78 is 30.4. The van der Waals surface area contributed by atoms with Crippen LogP contribution in [-0.4, -0.2) is 56.2 Å². The molecule has 2 unspecified atom stereocenters. The Labute approximate surface area is 185 Å². The number of fused-ring (bicyclic) bond motifs is 2. The fourth-order valence-corrected chi connectivity index (χ4v) is 6.67. The van der Waals surface area contributed by atoms with Crippen LogP contribution in [0.25, 0.3) is 11.0 Å². The van der Waals surface area contributed by atoms with Gasteiger partial charge in [0.25, 0.3) is 15.6 Å². The van der Waals surface area contributed by atoms with Crippen LogP contribution >= 0.6 is 0 Å². The molecular formula is C21H25N7O3S. The lowest BCUT2D eigenvalue weighted by Gasteiger charge is -2.31. The van der Waals surface area contributed by atoms with Gasteiger partial charge < -0.3 is 5.32 Å². The van der Waals surface area contributed by atoms with Gasteiger partial charge in [0.15, 0.2) is 5.03 Å². The first-order chi connectivity index (χ1) is 15.4. The highest BCUT2D eigenvalue weighted by Crippen LogP contribution is 2.65. The molecule has 0 radical (unpaired) electrons. The minimum atomic E-state index is -3.58. The number of piperidine rings is 1. The van der Waals surface area contributed by atoms with Crippen LogP contribution in [0.1, 0.15) is 32.1 Å². The zero-order chi connectivity index (χ0) is 22.1. The predicted octanol–water partition coefficient (Wildman–Crippen LogP) is 1.30. The molecule has 3 aromatic rings. The van der Waals surface area contributed by atoms with Gasteiger partial charge in [0.05, 0.1) is 5.54 Å². The van der Waals surface area contributed by atoms with E-state index in [1.807, 2.05) is 4.57 Å². The number of nitrogens with zero attached hydrogens (tertiary/aromatic N) is 6. The number of nitrogens with one attached hydrogen (secondary N) is 1. The molecule has 3 aromatic heterocycles. The molecule has 3 fully saturated rings. The smallest absolute Gasteiger partial charge is 0.262 e. The van der Waals surface area contributed by atoms with Crippen molar-refractivity contribution in [3.05, 3.63) is 40.9 Å². The number of aryl methyl sites for hydroxylation is 1. The lowest BCUT2D eigenvalue weighted by atomic mass is 9.92. The lowest BCUT2D eigenvalue weighted by molar-refractivity contribution is 0.290. The summed E-state index contributed by atoms with van der Waals surface area (Å²) in [5.74, 6) is 1.08. The quantitative estimate of drug-likeness (QED) is 0.617. The summed E-state index contributed by atoms with van der Waals surface area (Å²) in [6.07, 6.45) is 7.94. The summed E-state index contributed by atoms with van der Waals surface area (Å²) >= 11 is 0. The van der Waals surface area contributed by atoms with Gasteiger partial charge in [-0.05, 0) is 50.2 Å². The van der Waals surface area contributed by atoms with Crippen LogP contribution < -0.4 is 10.9 Å². The van der Waals surface area contributed by atoms with Gasteiger partial charge in [0, 0.05) is 50.0 Å². The van der Waals surface area contributed by atoms with Crippen molar-refractivity contribution >= 4 is 27.0 Å². The molecule has 168 valence electrons. The maximum atomic E-state index is 12.8. The zero-order valence-corrected chi connectivity index (χ0v) is 18.6. The minimum absolute atomic E-state index is 0.00242. The van der Waals surface area contributed by atoms with Gasteiger partial charge in [-0.15, -0.1) is 0 Å². The molecule has 4 heterocycles. The lowest BCUT2D eigenvalue weighted by Crippen LogP contribution is -2.42. The normalized spacial score (nSPS) is 26.0. The molecule has 3 aliphatic rings. The number of pyridine rings is 1. The standard InChI is InChI=1S/C21H25N7O3S/c1-26-9-7-17(25-26)32(30,31)27-10-5-16(6-11-27)23-20-22-13-14-2-3-18(29)28(19(14)24-20)21-8-4-15(21)12-21/h2-3,7,9,13,15-16H,4-6,8,10-12H2,1H3,(H,22,23,24). The summed E-state index contributed by atoms with van der Waals surface area (Å²) in [5.41, 5.74) is 0.651. The number of sulfonamides is 1. The number of hydrogen-bond acceptors (Lipinski definition) is 7. The molecule has 1 aliphatic heterocycles. The first kappa shape index (κ1) is 19.9. The Morgan fingerprint density at radius 3 is 2.59 bits per heavy atom. The van der Waals surface area contributed by atoms with Gasteiger partial charge in [0.2, 0.25) is 5.95 Å². The van der Waals surface area contributed by atoms with Crippen molar-refractivity contribution in [3.8, 4) is 0 Å². The van der Waals surface area contributed by atoms with Crippen LogP contribution in [0.4, 0.5) is 5.95 Å². The van der Waals surface area contributed by atoms with Crippen LogP contribution in [0.5, 0.6) is 0 Å². The van der Waals surface area contributed by atoms with Gasteiger partial charge in [-0.3, -0.25) is 14.0 Å². The summed E-state index contributed by atoms with van der Waals surface area (Å²) in [5, 5.41) is 8.34. The maximum Gasteiger partial charge on any atom is 0.262 e. The third-order valence-corrected chi connectivity index (χ3v) is 9.08. The zero-order valence-electron chi connectivity index (χ0n) is 17.8. The third kappa shape index (κ3) is 2.98. The van der Waals surface area contributed by atoms with E-state index >= 15 is 0 Å². The van der Waals surface area contributed by atoms with Gasteiger partial charge >= 0.3 is 0 Å². The van der Waals surface area contributed by atoms with Gasteiger partial charge in [-0.25, -0.2) is 13.4 Å². The average molecular weight is 456 g/mol. The van der Waals surface area contributed by atoms with E-state index < -0.39 is 10.0 Å². The van der Waals surface area contributed by atoms with Crippen molar-refractivity contribution in [2.45, 2.75) is 48.7 Å². The van der Waals surface area contributed by atoms with Crippen LogP contribution in [0.2, 0.25) is 0 Å².